The molecule has 0 saturated heterocycles. The first-order chi connectivity index (χ1) is 9.81. The number of nitrogens with two attached hydrogens (primary N) is 1. The Kier molecular flexibility index (Phi) is 5.55. The van der Waals surface area contributed by atoms with Crippen molar-refractivity contribution in [3.63, 3.8) is 0 Å². The van der Waals surface area contributed by atoms with Crippen LogP contribution >= 0.6 is 11.8 Å². The minimum absolute atomic E-state index is 0.594. The number of thioether (sulfide) groups is 1. The van der Waals surface area contributed by atoms with Crippen molar-refractivity contribution in [2.75, 3.05) is 24.7 Å². The Hall–Kier alpha value is -1.88. The summed E-state index contributed by atoms with van der Waals surface area (Å²) in [7, 11) is 0. The van der Waals surface area contributed by atoms with Gasteiger partial charge in [0.1, 0.15) is 0 Å². The SMILES string of the molecule is CCOc1ccccc1OCCSc1ccncc1N. The van der Waals surface area contributed by atoms with E-state index in [0.29, 0.717) is 18.9 Å². The fraction of sp³-hybridized carbons (Fsp3) is 0.267. The number of aromatic nitrogens is 1. The monoisotopic (exact) mass is 290 g/mol. The molecule has 1 heterocycles. The van der Waals surface area contributed by atoms with E-state index < -0.39 is 0 Å². The second-order valence-electron chi connectivity index (χ2n) is 3.99. The zero-order valence-corrected chi connectivity index (χ0v) is 12.2. The summed E-state index contributed by atoms with van der Waals surface area (Å²) in [6.07, 6.45) is 3.40. The third kappa shape index (κ3) is 4.06. The van der Waals surface area contributed by atoms with Gasteiger partial charge in [-0.15, -0.1) is 11.8 Å². The van der Waals surface area contributed by atoms with E-state index in [1.165, 1.54) is 0 Å². The van der Waals surface area contributed by atoms with Crippen LogP contribution in [0.5, 0.6) is 11.5 Å². The number of hydrogen-bond donors (Lipinski definition) is 1. The molecule has 1 aromatic carbocycles. The predicted molar refractivity (Wildman–Crippen MR) is 82.5 cm³/mol. The Labute approximate surface area is 123 Å². The van der Waals surface area contributed by atoms with Gasteiger partial charge in [0, 0.05) is 16.8 Å². The highest BCUT2D eigenvalue weighted by molar-refractivity contribution is 7.99. The maximum atomic E-state index is 5.83. The van der Waals surface area contributed by atoms with E-state index in [2.05, 4.69) is 4.98 Å². The van der Waals surface area contributed by atoms with Gasteiger partial charge >= 0.3 is 0 Å². The Morgan fingerprint density at radius 2 is 1.90 bits per heavy atom. The second-order valence-corrected chi connectivity index (χ2v) is 5.13. The van der Waals surface area contributed by atoms with Crippen molar-refractivity contribution in [1.29, 1.82) is 0 Å². The van der Waals surface area contributed by atoms with Gasteiger partial charge in [-0.05, 0) is 25.1 Å². The minimum atomic E-state index is 0.594. The molecule has 0 unspecified atom stereocenters. The summed E-state index contributed by atoms with van der Waals surface area (Å²) in [5.41, 5.74) is 6.53. The van der Waals surface area contributed by atoms with Crippen LogP contribution in [0.2, 0.25) is 0 Å². The van der Waals surface area contributed by atoms with E-state index in [0.717, 1.165) is 22.1 Å². The van der Waals surface area contributed by atoms with Crippen LogP contribution in [0.4, 0.5) is 5.69 Å². The normalized spacial score (nSPS) is 10.2. The van der Waals surface area contributed by atoms with Gasteiger partial charge in [0.05, 0.1) is 25.1 Å². The Bertz CT molecular complexity index is 549. The standard InChI is InChI=1S/C15H18N2O2S/c1-2-18-13-5-3-4-6-14(13)19-9-10-20-15-7-8-17-11-12(15)16/h3-8,11H,2,9-10,16H2,1H3. The topological polar surface area (TPSA) is 57.4 Å². The molecule has 0 radical (unpaired) electrons. The van der Waals surface area contributed by atoms with E-state index in [-0.39, 0.29) is 0 Å². The average Bonchev–Trinajstić information content (AvgIpc) is 2.47. The zero-order chi connectivity index (χ0) is 14.2. The molecule has 0 atom stereocenters. The van der Waals surface area contributed by atoms with E-state index in [1.54, 1.807) is 24.2 Å². The smallest absolute Gasteiger partial charge is 0.161 e. The van der Waals surface area contributed by atoms with E-state index in [1.807, 2.05) is 37.3 Å². The van der Waals surface area contributed by atoms with Crippen LogP contribution in [-0.4, -0.2) is 24.0 Å². The largest absolute Gasteiger partial charge is 0.490 e. The summed E-state index contributed by atoms with van der Waals surface area (Å²) >= 11 is 1.65. The van der Waals surface area contributed by atoms with Crippen molar-refractivity contribution in [2.24, 2.45) is 0 Å². The lowest BCUT2D eigenvalue weighted by molar-refractivity contribution is 0.289. The van der Waals surface area contributed by atoms with E-state index in [9.17, 15) is 0 Å². The van der Waals surface area contributed by atoms with E-state index in [4.69, 9.17) is 15.2 Å². The summed E-state index contributed by atoms with van der Waals surface area (Å²) in [6.45, 7) is 3.18. The number of ether oxygens (including phenoxy) is 2. The molecule has 0 amide bonds. The molecule has 2 rings (SSSR count). The van der Waals surface area contributed by atoms with Gasteiger partial charge < -0.3 is 15.2 Å². The molecule has 2 aromatic rings. The van der Waals surface area contributed by atoms with Crippen LogP contribution in [0, 0.1) is 0 Å². The van der Waals surface area contributed by atoms with Gasteiger partial charge in [-0.25, -0.2) is 0 Å². The predicted octanol–water partition coefficient (Wildman–Crippen LogP) is 3.23. The van der Waals surface area contributed by atoms with Gasteiger partial charge in [-0.3, -0.25) is 4.98 Å². The van der Waals surface area contributed by atoms with Gasteiger partial charge in [-0.2, -0.15) is 0 Å². The maximum Gasteiger partial charge on any atom is 0.161 e. The molecule has 0 aliphatic heterocycles. The lowest BCUT2D eigenvalue weighted by Crippen LogP contribution is -2.03. The molecule has 0 saturated carbocycles. The number of hydrogen-bond acceptors (Lipinski definition) is 5. The average molecular weight is 290 g/mol. The third-order valence-corrected chi connectivity index (χ3v) is 3.61. The quantitative estimate of drug-likeness (QED) is 0.626. The molecule has 20 heavy (non-hydrogen) atoms. The van der Waals surface area contributed by atoms with E-state index >= 15 is 0 Å². The molecule has 0 fully saturated rings. The molecule has 4 nitrogen and oxygen atoms in total. The summed E-state index contributed by atoms with van der Waals surface area (Å²) < 4.78 is 11.3. The summed E-state index contributed by atoms with van der Waals surface area (Å²) in [6, 6.07) is 9.60. The van der Waals surface area contributed by atoms with Crippen LogP contribution in [0.25, 0.3) is 0 Å². The highest BCUT2D eigenvalue weighted by Crippen LogP contribution is 2.27. The van der Waals surface area contributed by atoms with Crippen LogP contribution in [0.1, 0.15) is 6.92 Å². The summed E-state index contributed by atoms with van der Waals surface area (Å²) in [4.78, 5) is 5.00. The van der Waals surface area contributed by atoms with Gasteiger partial charge in [0.25, 0.3) is 0 Å². The molecule has 106 valence electrons. The maximum absolute atomic E-state index is 5.83. The number of nitrogen functional groups attached to an aromatic ring is 1. The van der Waals surface area contributed by atoms with Crippen LogP contribution in [0.15, 0.2) is 47.6 Å². The van der Waals surface area contributed by atoms with Crippen molar-refractivity contribution in [3.05, 3.63) is 42.7 Å². The molecular formula is C15H18N2O2S. The van der Waals surface area contributed by atoms with Crippen molar-refractivity contribution < 1.29 is 9.47 Å². The zero-order valence-electron chi connectivity index (χ0n) is 11.4. The molecule has 0 aliphatic carbocycles. The van der Waals surface area contributed by atoms with Crippen molar-refractivity contribution in [1.82, 2.24) is 4.98 Å². The highest BCUT2D eigenvalue weighted by atomic mass is 32.2. The second kappa shape index (κ2) is 7.65. The van der Waals surface area contributed by atoms with Gasteiger partial charge in [-0.1, -0.05) is 12.1 Å². The first-order valence-electron chi connectivity index (χ1n) is 6.48. The van der Waals surface area contributed by atoms with Crippen molar-refractivity contribution in [2.45, 2.75) is 11.8 Å². The van der Waals surface area contributed by atoms with Gasteiger partial charge in [0.2, 0.25) is 0 Å². The Morgan fingerprint density at radius 3 is 2.60 bits per heavy atom. The first-order valence-corrected chi connectivity index (χ1v) is 7.46. The van der Waals surface area contributed by atoms with Crippen molar-refractivity contribution in [3.8, 4) is 11.5 Å². The number of nitrogens with zero attached hydrogens (tertiary/aromatic N) is 1. The fourth-order valence-corrected chi connectivity index (χ4v) is 2.44. The summed E-state index contributed by atoms with van der Waals surface area (Å²) in [5, 5.41) is 0. The Morgan fingerprint density at radius 1 is 1.15 bits per heavy atom. The number of anilines is 1. The van der Waals surface area contributed by atoms with Crippen molar-refractivity contribution >= 4 is 17.4 Å². The molecule has 1 aromatic heterocycles. The molecular weight excluding hydrogens is 272 g/mol. The molecule has 0 spiro atoms. The van der Waals surface area contributed by atoms with Crippen LogP contribution in [0.3, 0.4) is 0 Å². The number of pyridine rings is 1. The van der Waals surface area contributed by atoms with Crippen LogP contribution in [-0.2, 0) is 0 Å². The molecule has 0 aliphatic rings. The van der Waals surface area contributed by atoms with Gasteiger partial charge in [0.15, 0.2) is 11.5 Å². The first kappa shape index (κ1) is 14.5. The lowest BCUT2D eigenvalue weighted by Gasteiger charge is -2.11. The minimum Gasteiger partial charge on any atom is -0.490 e. The molecule has 5 heteroatoms. The molecule has 0 bridgehead atoms. The highest BCUT2D eigenvalue weighted by Gasteiger charge is 2.04. The molecule has 2 N–H and O–H groups in total. The van der Waals surface area contributed by atoms with Crippen LogP contribution < -0.4 is 15.2 Å². The third-order valence-electron chi connectivity index (χ3n) is 2.56. The number of rotatable bonds is 7. The lowest BCUT2D eigenvalue weighted by atomic mass is 10.3. The number of benzene rings is 1. The Balaban J connectivity index is 1.83. The number of para-hydroxylation sites is 2. The fourth-order valence-electron chi connectivity index (χ4n) is 1.67. The summed E-state index contributed by atoms with van der Waals surface area (Å²) in [5.74, 6) is 2.37.